The molecule has 0 N–H and O–H groups in total. The van der Waals surface area contributed by atoms with Crippen molar-refractivity contribution in [2.45, 2.75) is 5.88 Å². The molecule has 2 nitrogen and oxygen atoms in total. The Morgan fingerprint density at radius 3 is 1.89 bits per heavy atom. The van der Waals surface area contributed by atoms with Gasteiger partial charge in [-0.15, -0.1) is 11.6 Å². The van der Waals surface area contributed by atoms with E-state index in [1.807, 2.05) is 24.3 Å². The van der Waals surface area contributed by atoms with Crippen LogP contribution in [0.25, 0.3) is 0 Å². The lowest BCUT2D eigenvalue weighted by atomic mass is 10.2. The third-order valence-corrected chi connectivity index (χ3v) is 2.92. The SMILES string of the molecule is O=C(Cl)c1ccc(Oc2ccc(CCl)cc2)cc1. The van der Waals surface area contributed by atoms with Crippen molar-refractivity contribution >= 4 is 28.4 Å². The maximum atomic E-state index is 10.9. The summed E-state index contributed by atoms with van der Waals surface area (Å²) in [5.74, 6) is 1.84. The van der Waals surface area contributed by atoms with Crippen LogP contribution in [0.5, 0.6) is 11.5 Å². The largest absolute Gasteiger partial charge is 0.457 e. The smallest absolute Gasteiger partial charge is 0.252 e. The predicted molar refractivity (Wildman–Crippen MR) is 72.7 cm³/mol. The molecule has 0 bridgehead atoms. The van der Waals surface area contributed by atoms with E-state index in [2.05, 4.69) is 0 Å². The van der Waals surface area contributed by atoms with Gasteiger partial charge in [-0.1, -0.05) is 12.1 Å². The summed E-state index contributed by atoms with van der Waals surface area (Å²) in [6.45, 7) is 0. The van der Waals surface area contributed by atoms with Crippen LogP contribution >= 0.6 is 23.2 Å². The van der Waals surface area contributed by atoms with Gasteiger partial charge in [0.05, 0.1) is 0 Å². The number of hydrogen-bond donors (Lipinski definition) is 0. The molecule has 0 fully saturated rings. The van der Waals surface area contributed by atoms with Gasteiger partial charge in [-0.2, -0.15) is 0 Å². The summed E-state index contributed by atoms with van der Waals surface area (Å²) < 4.78 is 5.62. The molecule has 0 aliphatic heterocycles. The van der Waals surface area contributed by atoms with Gasteiger partial charge in [-0.3, -0.25) is 4.79 Å². The van der Waals surface area contributed by atoms with Crippen LogP contribution in [0, 0.1) is 0 Å². The summed E-state index contributed by atoms with van der Waals surface area (Å²) >= 11 is 11.1. The second-order valence-electron chi connectivity index (χ2n) is 3.68. The molecule has 0 aliphatic carbocycles. The van der Waals surface area contributed by atoms with Crippen molar-refractivity contribution < 1.29 is 9.53 Å². The number of carbonyl (C=O) groups is 1. The Kier molecular flexibility index (Phi) is 4.24. The van der Waals surface area contributed by atoms with Gasteiger partial charge < -0.3 is 4.74 Å². The van der Waals surface area contributed by atoms with Crippen LogP contribution in [0.3, 0.4) is 0 Å². The average Bonchev–Trinajstić information content (AvgIpc) is 2.40. The molecule has 0 aliphatic rings. The third-order valence-electron chi connectivity index (χ3n) is 2.39. The summed E-state index contributed by atoms with van der Waals surface area (Å²) in [6, 6.07) is 14.1. The second-order valence-corrected chi connectivity index (χ2v) is 4.29. The Hall–Kier alpha value is -1.51. The fraction of sp³-hybridized carbons (Fsp3) is 0.0714. The van der Waals surface area contributed by atoms with Crippen LogP contribution in [-0.4, -0.2) is 5.24 Å². The molecule has 0 unspecified atom stereocenters. The van der Waals surface area contributed by atoms with Crippen molar-refractivity contribution in [1.82, 2.24) is 0 Å². The van der Waals surface area contributed by atoms with Crippen LogP contribution in [0.15, 0.2) is 48.5 Å². The number of benzene rings is 2. The molecule has 0 amide bonds. The first-order valence-electron chi connectivity index (χ1n) is 5.31. The van der Waals surface area contributed by atoms with E-state index in [0.29, 0.717) is 22.9 Å². The number of halogens is 2. The lowest BCUT2D eigenvalue weighted by Gasteiger charge is -2.06. The van der Waals surface area contributed by atoms with Crippen molar-refractivity contribution in [3.8, 4) is 11.5 Å². The summed E-state index contributed by atoms with van der Waals surface area (Å²) in [7, 11) is 0. The van der Waals surface area contributed by atoms with E-state index in [9.17, 15) is 4.79 Å². The van der Waals surface area contributed by atoms with Crippen LogP contribution < -0.4 is 4.74 Å². The van der Waals surface area contributed by atoms with Crippen molar-refractivity contribution in [2.75, 3.05) is 0 Å². The molecule has 4 heteroatoms. The highest BCUT2D eigenvalue weighted by atomic mass is 35.5. The summed E-state index contributed by atoms with van der Waals surface area (Å²) in [6.07, 6.45) is 0. The van der Waals surface area contributed by atoms with Gasteiger partial charge >= 0.3 is 0 Å². The van der Waals surface area contributed by atoms with Crippen LogP contribution in [-0.2, 0) is 5.88 Å². The zero-order chi connectivity index (χ0) is 13.0. The Labute approximate surface area is 115 Å². The topological polar surface area (TPSA) is 26.3 Å². The fourth-order valence-electron chi connectivity index (χ4n) is 1.44. The normalized spacial score (nSPS) is 10.1. The quantitative estimate of drug-likeness (QED) is 0.605. The van der Waals surface area contributed by atoms with E-state index in [0.717, 1.165) is 5.56 Å². The molecule has 0 saturated heterocycles. The molecular weight excluding hydrogens is 271 g/mol. The Morgan fingerprint density at radius 2 is 1.44 bits per heavy atom. The maximum Gasteiger partial charge on any atom is 0.252 e. The summed E-state index contributed by atoms with van der Waals surface area (Å²) in [5, 5.41) is -0.479. The zero-order valence-corrected chi connectivity index (χ0v) is 10.9. The van der Waals surface area contributed by atoms with E-state index in [1.165, 1.54) is 0 Å². The minimum absolute atomic E-state index is 0.446. The molecular formula is C14H10Cl2O2. The fourth-order valence-corrected chi connectivity index (χ4v) is 1.74. The molecule has 92 valence electrons. The number of ether oxygens (including phenoxy) is 1. The van der Waals surface area contributed by atoms with Gasteiger partial charge in [0.1, 0.15) is 11.5 Å². The van der Waals surface area contributed by atoms with Gasteiger partial charge in [-0.25, -0.2) is 0 Å². The molecule has 0 atom stereocenters. The molecule has 0 radical (unpaired) electrons. The monoisotopic (exact) mass is 280 g/mol. The standard InChI is InChI=1S/C14H10Cl2O2/c15-9-10-1-5-12(6-2-10)18-13-7-3-11(4-8-13)14(16)17/h1-8H,9H2. The molecule has 0 heterocycles. The van der Waals surface area contributed by atoms with Gasteiger partial charge in [0, 0.05) is 11.4 Å². The maximum absolute atomic E-state index is 10.9. The minimum atomic E-state index is -0.479. The molecule has 2 aromatic carbocycles. The molecule has 2 rings (SSSR count). The van der Waals surface area contributed by atoms with E-state index >= 15 is 0 Å². The number of hydrogen-bond acceptors (Lipinski definition) is 2. The summed E-state index contributed by atoms with van der Waals surface area (Å²) in [4.78, 5) is 10.9. The molecule has 2 aromatic rings. The number of rotatable bonds is 4. The highest BCUT2D eigenvalue weighted by molar-refractivity contribution is 6.67. The average molecular weight is 281 g/mol. The van der Waals surface area contributed by atoms with Gasteiger partial charge in [0.25, 0.3) is 5.24 Å². The second kappa shape index (κ2) is 5.89. The first-order chi connectivity index (χ1) is 8.69. The van der Waals surface area contributed by atoms with Crippen molar-refractivity contribution in [3.05, 3.63) is 59.7 Å². The highest BCUT2D eigenvalue weighted by Gasteiger charge is 2.02. The summed E-state index contributed by atoms with van der Waals surface area (Å²) in [5.41, 5.74) is 1.48. The van der Waals surface area contributed by atoms with Gasteiger partial charge in [0.2, 0.25) is 0 Å². The molecule has 18 heavy (non-hydrogen) atoms. The van der Waals surface area contributed by atoms with Gasteiger partial charge in [0.15, 0.2) is 0 Å². The first-order valence-corrected chi connectivity index (χ1v) is 6.23. The highest BCUT2D eigenvalue weighted by Crippen LogP contribution is 2.22. The lowest BCUT2D eigenvalue weighted by Crippen LogP contribution is -1.89. The van der Waals surface area contributed by atoms with Crippen molar-refractivity contribution in [3.63, 3.8) is 0 Å². The van der Waals surface area contributed by atoms with E-state index in [-0.39, 0.29) is 0 Å². The van der Waals surface area contributed by atoms with E-state index in [1.54, 1.807) is 24.3 Å². The van der Waals surface area contributed by atoms with Crippen LogP contribution in [0.1, 0.15) is 15.9 Å². The molecule has 0 saturated carbocycles. The van der Waals surface area contributed by atoms with Crippen molar-refractivity contribution in [1.29, 1.82) is 0 Å². The Bertz CT molecular complexity index is 533. The number of alkyl halides is 1. The Balaban J connectivity index is 2.10. The van der Waals surface area contributed by atoms with Crippen LogP contribution in [0.2, 0.25) is 0 Å². The molecule has 0 spiro atoms. The van der Waals surface area contributed by atoms with E-state index < -0.39 is 5.24 Å². The molecule has 0 aromatic heterocycles. The van der Waals surface area contributed by atoms with E-state index in [4.69, 9.17) is 27.9 Å². The Morgan fingerprint density at radius 1 is 0.944 bits per heavy atom. The minimum Gasteiger partial charge on any atom is -0.457 e. The third kappa shape index (κ3) is 3.25. The van der Waals surface area contributed by atoms with Gasteiger partial charge in [-0.05, 0) is 53.6 Å². The zero-order valence-electron chi connectivity index (χ0n) is 9.40. The first kappa shape index (κ1) is 12.9. The lowest BCUT2D eigenvalue weighted by molar-refractivity contribution is 0.108. The van der Waals surface area contributed by atoms with Crippen molar-refractivity contribution in [2.24, 2.45) is 0 Å². The predicted octanol–water partition coefficient (Wildman–Crippen LogP) is 4.60. The number of carbonyl (C=O) groups excluding carboxylic acids is 1. The van der Waals surface area contributed by atoms with Crippen LogP contribution in [0.4, 0.5) is 0 Å².